The predicted molar refractivity (Wildman–Crippen MR) is 64.6 cm³/mol. The van der Waals surface area contributed by atoms with Crippen LogP contribution >= 0.6 is 0 Å². The van der Waals surface area contributed by atoms with Crippen LogP contribution in [0.2, 0.25) is 0 Å². The molecule has 0 amide bonds. The minimum absolute atomic E-state index is 0.0343. The van der Waals surface area contributed by atoms with Crippen molar-refractivity contribution in [1.29, 1.82) is 0 Å². The van der Waals surface area contributed by atoms with Gasteiger partial charge in [-0.2, -0.15) is 0 Å². The number of nitrogen functional groups attached to an aromatic ring is 1. The fourth-order valence-electron chi connectivity index (χ4n) is 1.85. The summed E-state index contributed by atoms with van der Waals surface area (Å²) in [5, 5.41) is 18.1. The normalized spacial score (nSPS) is 19.8. The number of anilines is 2. The maximum Gasteiger partial charge on any atom is 0.337 e. The Labute approximate surface area is 104 Å². The van der Waals surface area contributed by atoms with E-state index in [-0.39, 0.29) is 24.0 Å². The van der Waals surface area contributed by atoms with Crippen LogP contribution in [0.15, 0.2) is 12.3 Å². The molecule has 1 fully saturated rings. The number of aromatic carboxylic acids is 1. The zero-order valence-corrected chi connectivity index (χ0v) is 9.74. The van der Waals surface area contributed by atoms with Crippen molar-refractivity contribution in [2.45, 2.75) is 6.10 Å². The van der Waals surface area contributed by atoms with Crippen LogP contribution in [0.1, 0.15) is 10.4 Å². The summed E-state index contributed by atoms with van der Waals surface area (Å²) >= 11 is 0. The van der Waals surface area contributed by atoms with Gasteiger partial charge in [0, 0.05) is 13.1 Å². The van der Waals surface area contributed by atoms with Crippen LogP contribution in [-0.2, 0) is 4.74 Å². The second kappa shape index (κ2) is 5.19. The molecular formula is C11H15N3O4. The van der Waals surface area contributed by atoms with Crippen LogP contribution in [0.4, 0.5) is 11.5 Å². The Kier molecular flexibility index (Phi) is 3.63. The van der Waals surface area contributed by atoms with Gasteiger partial charge in [0.2, 0.25) is 0 Å². The molecule has 2 heterocycles. The fraction of sp³-hybridized carbons (Fsp3) is 0.455. The van der Waals surface area contributed by atoms with E-state index in [1.165, 1.54) is 12.3 Å². The molecule has 7 heteroatoms. The second-order valence-electron chi connectivity index (χ2n) is 4.06. The van der Waals surface area contributed by atoms with E-state index in [1.54, 1.807) is 0 Å². The average molecular weight is 253 g/mol. The Morgan fingerprint density at radius 3 is 3.11 bits per heavy atom. The van der Waals surface area contributed by atoms with Crippen molar-refractivity contribution in [3.8, 4) is 0 Å². The third-order valence-corrected chi connectivity index (χ3v) is 2.82. The van der Waals surface area contributed by atoms with Gasteiger partial charge in [-0.05, 0) is 6.07 Å². The first kappa shape index (κ1) is 12.6. The smallest absolute Gasteiger partial charge is 0.337 e. The second-order valence-corrected chi connectivity index (χ2v) is 4.06. The first-order valence-electron chi connectivity index (χ1n) is 5.58. The van der Waals surface area contributed by atoms with Gasteiger partial charge in [0.25, 0.3) is 0 Å². The van der Waals surface area contributed by atoms with E-state index in [2.05, 4.69) is 4.98 Å². The monoisotopic (exact) mass is 253 g/mol. The topological polar surface area (TPSA) is 109 Å². The number of rotatable bonds is 3. The van der Waals surface area contributed by atoms with E-state index in [0.29, 0.717) is 25.5 Å². The first-order chi connectivity index (χ1) is 8.61. The lowest BCUT2D eigenvalue weighted by Gasteiger charge is -2.33. The largest absolute Gasteiger partial charge is 0.478 e. The average Bonchev–Trinajstić information content (AvgIpc) is 2.39. The van der Waals surface area contributed by atoms with E-state index in [0.717, 1.165) is 0 Å². The molecule has 1 atom stereocenters. The lowest BCUT2D eigenvalue weighted by atomic mass is 10.2. The molecule has 1 aliphatic heterocycles. The lowest BCUT2D eigenvalue weighted by Crippen LogP contribution is -2.44. The van der Waals surface area contributed by atoms with E-state index >= 15 is 0 Å². The molecule has 0 aromatic carbocycles. The van der Waals surface area contributed by atoms with Crippen molar-refractivity contribution >= 4 is 17.5 Å². The molecule has 1 saturated heterocycles. The quantitative estimate of drug-likeness (QED) is 0.670. The molecule has 0 bridgehead atoms. The van der Waals surface area contributed by atoms with E-state index < -0.39 is 5.97 Å². The molecule has 0 aliphatic carbocycles. The number of hydrogen-bond acceptors (Lipinski definition) is 6. The van der Waals surface area contributed by atoms with Gasteiger partial charge in [-0.1, -0.05) is 0 Å². The molecule has 2 rings (SSSR count). The van der Waals surface area contributed by atoms with Crippen molar-refractivity contribution in [2.75, 3.05) is 36.9 Å². The number of nitrogens with two attached hydrogens (primary N) is 1. The van der Waals surface area contributed by atoms with Crippen LogP contribution in [0.3, 0.4) is 0 Å². The Balaban J connectivity index is 2.22. The van der Waals surface area contributed by atoms with Gasteiger partial charge in [-0.15, -0.1) is 0 Å². The first-order valence-corrected chi connectivity index (χ1v) is 5.58. The Bertz CT molecular complexity index is 452. The Morgan fingerprint density at radius 1 is 1.67 bits per heavy atom. The Hall–Kier alpha value is -1.86. The molecule has 0 spiro atoms. The number of nitrogens with zero attached hydrogens (tertiary/aromatic N) is 2. The summed E-state index contributed by atoms with van der Waals surface area (Å²) in [6.07, 6.45) is 1.06. The van der Waals surface area contributed by atoms with Gasteiger partial charge < -0.3 is 25.6 Å². The molecule has 18 heavy (non-hydrogen) atoms. The molecular weight excluding hydrogens is 238 g/mol. The number of pyridine rings is 1. The van der Waals surface area contributed by atoms with Crippen molar-refractivity contribution in [3.05, 3.63) is 17.8 Å². The summed E-state index contributed by atoms with van der Waals surface area (Å²) in [6, 6.07) is 1.44. The van der Waals surface area contributed by atoms with Crippen LogP contribution in [-0.4, -0.2) is 53.6 Å². The van der Waals surface area contributed by atoms with E-state index in [1.807, 2.05) is 4.90 Å². The molecule has 1 aromatic heterocycles. The van der Waals surface area contributed by atoms with Crippen LogP contribution in [0.5, 0.6) is 0 Å². The van der Waals surface area contributed by atoms with E-state index in [9.17, 15) is 4.79 Å². The summed E-state index contributed by atoms with van der Waals surface area (Å²) < 4.78 is 5.32. The zero-order chi connectivity index (χ0) is 13.1. The van der Waals surface area contributed by atoms with Crippen molar-refractivity contribution < 1.29 is 19.7 Å². The number of aromatic nitrogens is 1. The fourth-order valence-corrected chi connectivity index (χ4v) is 1.85. The van der Waals surface area contributed by atoms with Gasteiger partial charge in [0.1, 0.15) is 5.82 Å². The van der Waals surface area contributed by atoms with Gasteiger partial charge in [-0.25, -0.2) is 9.78 Å². The maximum absolute atomic E-state index is 11.0. The van der Waals surface area contributed by atoms with Gasteiger partial charge in [-0.3, -0.25) is 0 Å². The van der Waals surface area contributed by atoms with Crippen LogP contribution in [0.25, 0.3) is 0 Å². The lowest BCUT2D eigenvalue weighted by molar-refractivity contribution is 0.00336. The van der Waals surface area contributed by atoms with Crippen molar-refractivity contribution in [2.24, 2.45) is 0 Å². The highest BCUT2D eigenvalue weighted by atomic mass is 16.5. The number of carbonyl (C=O) groups is 1. The van der Waals surface area contributed by atoms with Crippen LogP contribution in [0, 0.1) is 0 Å². The summed E-state index contributed by atoms with van der Waals surface area (Å²) in [7, 11) is 0. The minimum atomic E-state index is -1.08. The number of carboxylic acid groups (broad SMARTS) is 1. The van der Waals surface area contributed by atoms with Crippen molar-refractivity contribution in [3.63, 3.8) is 0 Å². The SMILES string of the molecule is Nc1cnc(N2CCOC(CO)C2)cc1C(=O)O. The standard InChI is InChI=1S/C11H15N3O4/c12-9-4-13-10(3-8(9)11(16)17)14-1-2-18-7(5-14)6-15/h3-4,7,15H,1-2,5-6,12H2,(H,16,17). The highest BCUT2D eigenvalue weighted by Gasteiger charge is 2.22. The van der Waals surface area contributed by atoms with Gasteiger partial charge >= 0.3 is 5.97 Å². The molecule has 98 valence electrons. The maximum atomic E-state index is 11.0. The summed E-state index contributed by atoms with van der Waals surface area (Å²) in [5.74, 6) is -0.550. The van der Waals surface area contributed by atoms with Crippen molar-refractivity contribution in [1.82, 2.24) is 4.98 Å². The van der Waals surface area contributed by atoms with E-state index in [4.69, 9.17) is 20.7 Å². The molecule has 1 aromatic rings. The summed E-state index contributed by atoms with van der Waals surface area (Å²) in [6.45, 7) is 1.48. The van der Waals surface area contributed by atoms with Crippen LogP contribution < -0.4 is 10.6 Å². The molecule has 0 radical (unpaired) electrons. The van der Waals surface area contributed by atoms with Gasteiger partial charge in [0.15, 0.2) is 0 Å². The third kappa shape index (κ3) is 2.52. The number of carboxylic acids is 1. The highest BCUT2D eigenvalue weighted by Crippen LogP contribution is 2.20. The minimum Gasteiger partial charge on any atom is -0.478 e. The molecule has 4 N–H and O–H groups in total. The number of aliphatic hydroxyl groups excluding tert-OH is 1. The predicted octanol–water partition coefficient (Wildman–Crippen LogP) is -0.441. The Morgan fingerprint density at radius 2 is 2.44 bits per heavy atom. The molecule has 0 saturated carbocycles. The molecule has 1 aliphatic rings. The zero-order valence-electron chi connectivity index (χ0n) is 9.74. The number of hydrogen-bond donors (Lipinski definition) is 3. The third-order valence-electron chi connectivity index (χ3n) is 2.82. The number of morpholine rings is 1. The number of aliphatic hydroxyl groups is 1. The summed E-state index contributed by atoms with van der Waals surface area (Å²) in [4.78, 5) is 17.0. The van der Waals surface area contributed by atoms with Gasteiger partial charge in [0.05, 0.1) is 36.8 Å². The molecule has 7 nitrogen and oxygen atoms in total. The number of ether oxygens (including phenoxy) is 1. The molecule has 1 unspecified atom stereocenters. The highest BCUT2D eigenvalue weighted by molar-refractivity contribution is 5.94. The summed E-state index contributed by atoms with van der Waals surface area (Å²) in [5.41, 5.74) is 5.72.